The van der Waals surface area contributed by atoms with Crippen LogP contribution in [0, 0.1) is 0 Å². The molecule has 3 aliphatic rings. The van der Waals surface area contributed by atoms with E-state index >= 15 is 19.2 Å². The number of rotatable bonds is 10. The zero-order chi connectivity index (χ0) is 54.7. The molecule has 0 saturated carbocycles. The Bertz CT molecular complexity index is 3210. The third-order valence-electron chi connectivity index (χ3n) is 14.0. The highest BCUT2D eigenvalue weighted by atomic mass is 31.2. The number of nitrogens with zero attached hydrogens (tertiary/aromatic N) is 6. The number of anilines is 6. The first-order valence-electron chi connectivity index (χ1n) is 25.7. The molecule has 0 unspecified atom stereocenters. The molecule has 0 atom stereocenters. The molecule has 0 bridgehead atoms. The van der Waals surface area contributed by atoms with Gasteiger partial charge < -0.3 is 13.8 Å². The van der Waals surface area contributed by atoms with Gasteiger partial charge in [-0.25, -0.2) is 47.7 Å². The Morgan fingerprint density at radius 2 is 0.615 bits per heavy atom. The van der Waals surface area contributed by atoms with Gasteiger partial charge in [0.1, 0.15) is 0 Å². The minimum Gasteiger partial charge on any atom is -0.449 e. The summed E-state index contributed by atoms with van der Waals surface area (Å²) >= 11 is 0. The van der Waals surface area contributed by atoms with Crippen molar-refractivity contribution in [2.75, 3.05) is 28.5 Å². The van der Waals surface area contributed by atoms with Crippen LogP contribution < -0.4 is 42.3 Å². The lowest BCUT2D eigenvalue weighted by Crippen LogP contribution is -2.57. The second-order valence-corrected chi connectivity index (χ2v) is 24.7. The van der Waals surface area contributed by atoms with Gasteiger partial charge in [0.25, 0.3) is 0 Å². The summed E-state index contributed by atoms with van der Waals surface area (Å²) in [6.07, 6.45) is 0. The van der Waals surface area contributed by atoms with Crippen molar-refractivity contribution >= 4 is 75.1 Å². The summed E-state index contributed by atoms with van der Waals surface area (Å²) in [4.78, 5) is 63.5. The summed E-state index contributed by atoms with van der Waals surface area (Å²) in [7, 11) is -4.80. The van der Waals surface area contributed by atoms with Gasteiger partial charge in [-0.3, -0.25) is 0 Å². The summed E-state index contributed by atoms with van der Waals surface area (Å²) in [6.45, 7) is 17.0. The van der Waals surface area contributed by atoms with Crippen LogP contribution in [0.2, 0.25) is 0 Å². The van der Waals surface area contributed by atoms with Gasteiger partial charge in [0.15, 0.2) is 23.0 Å². The first-order valence-corrected chi connectivity index (χ1v) is 28.0. The van der Waals surface area contributed by atoms with Crippen LogP contribution in [0.3, 0.4) is 0 Å². The lowest BCUT2D eigenvalue weighted by molar-refractivity contribution is 0.240. The van der Waals surface area contributed by atoms with Crippen molar-refractivity contribution in [3.05, 3.63) is 229 Å². The number of carbonyl (C=O) groups excluding carboxylic acids is 4. The molecule has 3 heterocycles. The maximum atomic E-state index is 15.3. The number of amides is 8. The minimum absolute atomic E-state index is 0.285. The van der Waals surface area contributed by atoms with Gasteiger partial charge in [-0.2, -0.15) is 0 Å². The molecule has 0 radical (unpaired) electrons. The number of carbonyl (C=O) groups is 4. The van der Waals surface area contributed by atoms with Gasteiger partial charge in [-0.15, -0.1) is 0 Å². The number of hydrogen-bond acceptors (Lipinski definition) is 7. The van der Waals surface area contributed by atoms with Crippen LogP contribution in [0.4, 0.5) is 53.3 Å². The highest BCUT2D eigenvalue weighted by Gasteiger charge is 2.53. The zero-order valence-electron chi connectivity index (χ0n) is 44.6. The maximum absolute atomic E-state index is 15.3. The van der Waals surface area contributed by atoms with Crippen LogP contribution in [-0.2, 0) is 16.2 Å². The third-order valence-corrected chi connectivity index (χ3v) is 17.7. The van der Waals surface area contributed by atoms with E-state index in [1.165, 1.54) is 9.80 Å². The predicted octanol–water partition coefficient (Wildman–Crippen LogP) is 17.5. The second-order valence-electron chi connectivity index (χ2n) is 21.7. The molecular formula is C63H58N6O7P2. The van der Waals surface area contributed by atoms with Crippen LogP contribution in [-0.4, -0.2) is 24.1 Å². The summed E-state index contributed by atoms with van der Waals surface area (Å²) in [6, 6.07) is 60.4. The molecule has 392 valence electrons. The zero-order valence-corrected chi connectivity index (χ0v) is 46.4. The van der Waals surface area contributed by atoms with E-state index in [9.17, 15) is 0 Å². The average Bonchev–Trinajstić information content (AvgIpc) is 3.60. The number of ether oxygens (including phenoxy) is 1. The molecule has 13 nitrogen and oxygen atoms in total. The molecule has 0 spiro atoms. The van der Waals surface area contributed by atoms with Crippen molar-refractivity contribution in [1.29, 1.82) is 0 Å². The summed E-state index contributed by atoms with van der Waals surface area (Å²) < 4.78 is 28.4. The van der Waals surface area contributed by atoms with Crippen molar-refractivity contribution < 1.29 is 33.0 Å². The van der Waals surface area contributed by atoms with E-state index in [0.29, 0.717) is 45.6 Å². The van der Waals surface area contributed by atoms with E-state index in [1.54, 1.807) is 67.2 Å². The van der Waals surface area contributed by atoms with Gasteiger partial charge in [-0.1, -0.05) is 177 Å². The molecule has 0 N–H and O–H groups in total. The average molecular weight is 1070 g/mol. The van der Waals surface area contributed by atoms with Crippen LogP contribution in [0.25, 0.3) is 0 Å². The number of benzene rings is 8. The van der Waals surface area contributed by atoms with Crippen molar-refractivity contribution in [2.45, 2.75) is 71.6 Å². The molecule has 2 fully saturated rings. The fourth-order valence-electron chi connectivity index (χ4n) is 9.66. The normalized spacial score (nSPS) is 16.0. The van der Waals surface area contributed by atoms with Gasteiger partial charge in [0.2, 0.25) is 0 Å². The minimum atomic E-state index is -2.40. The molecule has 78 heavy (non-hydrogen) atoms. The molecule has 0 aliphatic carbocycles. The Kier molecular flexibility index (Phi) is 13.3. The van der Waals surface area contributed by atoms with Crippen LogP contribution in [0.5, 0.6) is 23.0 Å². The number of imide groups is 2. The summed E-state index contributed by atoms with van der Waals surface area (Å²) in [5, 5.41) is 0. The van der Waals surface area contributed by atoms with Crippen molar-refractivity contribution in [3.8, 4) is 23.0 Å². The summed E-state index contributed by atoms with van der Waals surface area (Å²) in [5.41, 5.74) is 4.61. The second kappa shape index (κ2) is 20.1. The van der Waals surface area contributed by atoms with E-state index in [1.807, 2.05) is 146 Å². The first-order chi connectivity index (χ1) is 37.4. The van der Waals surface area contributed by atoms with Crippen LogP contribution in [0.1, 0.15) is 77.6 Å². The number of para-hydroxylation sites is 6. The molecule has 2 saturated heterocycles. The third kappa shape index (κ3) is 9.26. The van der Waals surface area contributed by atoms with E-state index in [-0.39, 0.29) is 11.5 Å². The molecule has 3 aliphatic heterocycles. The molecule has 0 aromatic heterocycles. The number of urea groups is 4. The van der Waals surface area contributed by atoms with Gasteiger partial charge >= 0.3 is 41.0 Å². The first kappa shape index (κ1) is 51.6. The Morgan fingerprint density at radius 3 is 0.859 bits per heavy atom. The summed E-state index contributed by atoms with van der Waals surface area (Å²) in [5.74, 6) is 1.27. The van der Waals surface area contributed by atoms with Crippen molar-refractivity contribution in [2.24, 2.45) is 0 Å². The van der Waals surface area contributed by atoms with Gasteiger partial charge in [-0.05, 0) is 107 Å². The topological polar surface area (TPSA) is 115 Å². The van der Waals surface area contributed by atoms with E-state index in [4.69, 9.17) is 13.8 Å². The predicted molar refractivity (Wildman–Crippen MR) is 313 cm³/mol. The number of hydrogen-bond donors (Lipinski definition) is 0. The Hall–Kier alpha value is -8.50. The van der Waals surface area contributed by atoms with Crippen LogP contribution >= 0.6 is 16.9 Å². The highest BCUT2D eigenvalue weighted by molar-refractivity contribution is 7.59. The molecule has 8 aromatic rings. The SMILES string of the molecule is CC(C)(C)c1cc(OP2N(c3ccccc3)C(=O)N(c3ccccc3)C(=O)N2c2ccccc2)c2c(c1)C(C)(C)c1cc(C(C)(C)C)cc(OP3N(c4ccccc4)C(=O)N(c4ccccc4)C(=O)N3c3ccccc3)c1O2. The highest BCUT2D eigenvalue weighted by Crippen LogP contribution is 2.63. The Balaban J connectivity index is 1.11. The van der Waals surface area contributed by atoms with E-state index in [2.05, 4.69) is 67.5 Å². The maximum Gasteiger partial charge on any atom is 0.344 e. The molecule has 15 heteroatoms. The largest absolute Gasteiger partial charge is 0.449 e. The molecular weight excluding hydrogens is 1010 g/mol. The molecule has 11 rings (SSSR count). The Morgan fingerprint density at radius 1 is 0.372 bits per heavy atom. The van der Waals surface area contributed by atoms with Gasteiger partial charge in [0, 0.05) is 16.5 Å². The van der Waals surface area contributed by atoms with E-state index in [0.717, 1.165) is 22.3 Å². The molecule has 8 aromatic carbocycles. The van der Waals surface area contributed by atoms with Crippen molar-refractivity contribution in [1.82, 2.24) is 0 Å². The van der Waals surface area contributed by atoms with E-state index < -0.39 is 57.3 Å². The van der Waals surface area contributed by atoms with Gasteiger partial charge in [0.05, 0.1) is 34.1 Å². The fraction of sp³-hybridized carbons (Fsp3) is 0.175. The monoisotopic (exact) mass is 1070 g/mol. The van der Waals surface area contributed by atoms with Crippen molar-refractivity contribution in [3.63, 3.8) is 0 Å². The Labute approximate surface area is 457 Å². The smallest absolute Gasteiger partial charge is 0.344 e. The fourth-order valence-corrected chi connectivity index (χ4v) is 13.2. The standard InChI is InChI=1S/C63H58N6O7P2/c1-61(2,3)43-39-51-55(53(41-43)75-77-66(47-31-19-11-20-32-47)57(70)64(45-27-15-9-16-28-45)58(71)67(77)48-33-21-12-22-34-48)74-56-52(63(51,7)8)40-44(62(4,5)6)42-54(56)76-78-68(49-35-23-13-24-36-49)59(72)65(46-29-17-10-18-30-46)60(73)69(78)50-37-25-14-26-38-50/h9-42H,1-8H3. The number of fused-ring (bicyclic) bond motifs is 2. The quantitative estimate of drug-likeness (QED) is 0.125. The lowest BCUT2D eigenvalue weighted by atomic mass is 9.72. The lowest BCUT2D eigenvalue weighted by Gasteiger charge is -2.46. The van der Waals surface area contributed by atoms with Crippen LogP contribution in [0.15, 0.2) is 206 Å². The molecule has 8 amide bonds.